The standard InChI is InChI=1S/C7H9NO2/c1-8-7(4-3-5-7)6(9)10-2/h3-5H2,2H3. The van der Waals surface area contributed by atoms with Gasteiger partial charge in [0.2, 0.25) is 0 Å². The van der Waals surface area contributed by atoms with Crippen LogP contribution in [0.25, 0.3) is 4.85 Å². The number of carbonyl (C=O) groups is 1. The van der Waals surface area contributed by atoms with E-state index in [1.54, 1.807) is 0 Å². The molecule has 0 aliphatic heterocycles. The number of ether oxygens (including phenoxy) is 1. The molecule has 1 aliphatic carbocycles. The van der Waals surface area contributed by atoms with Crippen molar-refractivity contribution >= 4 is 5.97 Å². The zero-order chi connectivity index (χ0) is 7.61. The van der Waals surface area contributed by atoms with Gasteiger partial charge in [0.1, 0.15) is 0 Å². The highest BCUT2D eigenvalue weighted by Crippen LogP contribution is 2.36. The molecule has 0 amide bonds. The molecule has 54 valence electrons. The Hall–Kier alpha value is -1.04. The first-order chi connectivity index (χ1) is 4.75. The predicted molar refractivity (Wildman–Crippen MR) is 35.2 cm³/mol. The Bertz CT molecular complexity index is 188. The van der Waals surface area contributed by atoms with Gasteiger partial charge in [0, 0.05) is 12.8 Å². The molecule has 0 aromatic carbocycles. The number of esters is 1. The monoisotopic (exact) mass is 139 g/mol. The number of hydrogen-bond donors (Lipinski definition) is 0. The van der Waals surface area contributed by atoms with Crippen molar-refractivity contribution in [3.05, 3.63) is 11.4 Å². The van der Waals surface area contributed by atoms with Crippen LogP contribution in [0, 0.1) is 6.57 Å². The summed E-state index contributed by atoms with van der Waals surface area (Å²) < 4.78 is 4.50. The molecule has 0 bridgehead atoms. The van der Waals surface area contributed by atoms with Gasteiger partial charge in [-0.05, 0) is 6.42 Å². The Kier molecular flexibility index (Phi) is 1.62. The van der Waals surface area contributed by atoms with E-state index in [2.05, 4.69) is 9.58 Å². The van der Waals surface area contributed by atoms with E-state index in [4.69, 9.17) is 6.57 Å². The van der Waals surface area contributed by atoms with Crippen LogP contribution in [0.3, 0.4) is 0 Å². The highest BCUT2D eigenvalue weighted by Gasteiger charge is 2.52. The lowest BCUT2D eigenvalue weighted by Crippen LogP contribution is -2.42. The summed E-state index contributed by atoms with van der Waals surface area (Å²) in [5, 5.41) is 0. The molecule has 0 aromatic rings. The van der Waals surface area contributed by atoms with Crippen LogP contribution in [-0.2, 0) is 9.53 Å². The summed E-state index contributed by atoms with van der Waals surface area (Å²) in [7, 11) is 1.33. The molecule has 0 atom stereocenters. The molecule has 0 heterocycles. The van der Waals surface area contributed by atoms with Gasteiger partial charge in [0.05, 0.1) is 7.11 Å². The molecule has 3 nitrogen and oxygen atoms in total. The van der Waals surface area contributed by atoms with Gasteiger partial charge in [-0.2, -0.15) is 0 Å². The molecule has 0 unspecified atom stereocenters. The maximum Gasteiger partial charge on any atom is 0.393 e. The van der Waals surface area contributed by atoms with E-state index < -0.39 is 5.54 Å². The summed E-state index contributed by atoms with van der Waals surface area (Å²) in [5.41, 5.74) is -0.797. The van der Waals surface area contributed by atoms with E-state index in [-0.39, 0.29) is 5.97 Å². The number of hydrogen-bond acceptors (Lipinski definition) is 2. The third kappa shape index (κ3) is 0.766. The summed E-state index contributed by atoms with van der Waals surface area (Å²) >= 11 is 0. The van der Waals surface area contributed by atoms with E-state index in [9.17, 15) is 4.79 Å². The fraction of sp³-hybridized carbons (Fsp3) is 0.714. The summed E-state index contributed by atoms with van der Waals surface area (Å²) in [5.74, 6) is -0.367. The van der Waals surface area contributed by atoms with Crippen molar-refractivity contribution in [1.29, 1.82) is 0 Å². The van der Waals surface area contributed by atoms with Crippen molar-refractivity contribution in [1.82, 2.24) is 0 Å². The summed E-state index contributed by atoms with van der Waals surface area (Å²) in [6.07, 6.45) is 2.31. The van der Waals surface area contributed by atoms with Crippen molar-refractivity contribution in [2.75, 3.05) is 7.11 Å². The van der Waals surface area contributed by atoms with Gasteiger partial charge in [-0.15, -0.1) is 0 Å². The van der Waals surface area contributed by atoms with Gasteiger partial charge in [-0.1, -0.05) is 0 Å². The highest BCUT2D eigenvalue weighted by atomic mass is 16.5. The lowest BCUT2D eigenvalue weighted by atomic mass is 9.77. The molecule has 10 heavy (non-hydrogen) atoms. The maximum atomic E-state index is 10.9. The molecule has 0 N–H and O–H groups in total. The topological polar surface area (TPSA) is 30.7 Å². The molecule has 0 radical (unpaired) electrons. The first kappa shape index (κ1) is 7.07. The molecule has 3 heteroatoms. The van der Waals surface area contributed by atoms with Gasteiger partial charge < -0.3 is 4.74 Å². The smallest absolute Gasteiger partial charge is 0.393 e. The van der Waals surface area contributed by atoms with E-state index in [1.165, 1.54) is 7.11 Å². The van der Waals surface area contributed by atoms with Crippen LogP contribution in [0.5, 0.6) is 0 Å². The molecule has 1 fully saturated rings. The largest absolute Gasteiger partial charge is 0.463 e. The SMILES string of the molecule is [C-]#[N+]C1(C(=O)OC)CCC1. The minimum Gasteiger partial charge on any atom is -0.463 e. The molecule has 0 saturated heterocycles. The van der Waals surface area contributed by atoms with Crippen molar-refractivity contribution in [3.63, 3.8) is 0 Å². The maximum absolute atomic E-state index is 10.9. The van der Waals surface area contributed by atoms with E-state index in [1.807, 2.05) is 0 Å². The second-order valence-corrected chi connectivity index (χ2v) is 2.49. The fourth-order valence-corrected chi connectivity index (χ4v) is 1.06. The van der Waals surface area contributed by atoms with Gasteiger partial charge >= 0.3 is 11.5 Å². The lowest BCUT2D eigenvalue weighted by Gasteiger charge is -2.26. The Balaban J connectivity index is 2.67. The van der Waals surface area contributed by atoms with Crippen LogP contribution < -0.4 is 0 Å². The number of rotatable bonds is 1. The van der Waals surface area contributed by atoms with Crippen molar-refractivity contribution in [2.45, 2.75) is 24.8 Å². The van der Waals surface area contributed by atoms with E-state index in [0.717, 1.165) is 6.42 Å². The Labute approximate surface area is 59.8 Å². The number of methoxy groups -OCH3 is 1. The fourth-order valence-electron chi connectivity index (χ4n) is 1.06. The number of carbonyl (C=O) groups excluding carboxylic acids is 1. The zero-order valence-corrected chi connectivity index (χ0v) is 5.89. The molecule has 0 spiro atoms. The van der Waals surface area contributed by atoms with Crippen LogP contribution in [-0.4, -0.2) is 18.6 Å². The number of nitrogens with zero attached hydrogens (tertiary/aromatic N) is 1. The predicted octanol–water partition coefficient (Wildman–Crippen LogP) is 1.00. The van der Waals surface area contributed by atoms with Crippen LogP contribution in [0.1, 0.15) is 19.3 Å². The van der Waals surface area contributed by atoms with Crippen molar-refractivity contribution in [2.24, 2.45) is 0 Å². The zero-order valence-electron chi connectivity index (χ0n) is 5.89. The molecule has 1 saturated carbocycles. The minimum absolute atomic E-state index is 0.367. The lowest BCUT2D eigenvalue weighted by molar-refractivity contribution is -0.148. The molecule has 1 rings (SSSR count). The second kappa shape index (κ2) is 2.30. The second-order valence-electron chi connectivity index (χ2n) is 2.49. The third-order valence-electron chi connectivity index (χ3n) is 1.96. The molecular weight excluding hydrogens is 130 g/mol. The van der Waals surface area contributed by atoms with Gasteiger partial charge in [0.25, 0.3) is 0 Å². The first-order valence-electron chi connectivity index (χ1n) is 3.22. The summed E-state index contributed by atoms with van der Waals surface area (Å²) in [6.45, 7) is 6.77. The average Bonchev–Trinajstić information content (AvgIpc) is 1.86. The Morgan fingerprint density at radius 2 is 2.30 bits per heavy atom. The molecule has 0 aromatic heterocycles. The highest BCUT2D eigenvalue weighted by molar-refractivity contribution is 5.84. The van der Waals surface area contributed by atoms with Crippen LogP contribution >= 0.6 is 0 Å². The molecular formula is C7H9NO2. The van der Waals surface area contributed by atoms with E-state index >= 15 is 0 Å². The van der Waals surface area contributed by atoms with Crippen LogP contribution in [0.2, 0.25) is 0 Å². The molecule has 1 aliphatic rings. The van der Waals surface area contributed by atoms with Crippen molar-refractivity contribution in [3.8, 4) is 0 Å². The van der Waals surface area contributed by atoms with Crippen LogP contribution in [0.4, 0.5) is 0 Å². The minimum atomic E-state index is -0.797. The third-order valence-corrected chi connectivity index (χ3v) is 1.96. The quantitative estimate of drug-likeness (QED) is 0.401. The Morgan fingerprint density at radius 3 is 2.40 bits per heavy atom. The first-order valence-corrected chi connectivity index (χ1v) is 3.22. The van der Waals surface area contributed by atoms with Gasteiger partial charge in [-0.3, -0.25) is 4.85 Å². The van der Waals surface area contributed by atoms with Crippen LogP contribution in [0.15, 0.2) is 0 Å². The van der Waals surface area contributed by atoms with Crippen molar-refractivity contribution < 1.29 is 9.53 Å². The van der Waals surface area contributed by atoms with E-state index in [0.29, 0.717) is 12.8 Å². The summed E-state index contributed by atoms with van der Waals surface area (Å²) in [6, 6.07) is 0. The summed E-state index contributed by atoms with van der Waals surface area (Å²) in [4.78, 5) is 14.2. The van der Waals surface area contributed by atoms with Gasteiger partial charge in [-0.25, -0.2) is 11.4 Å². The average molecular weight is 139 g/mol. The Morgan fingerprint density at radius 1 is 1.70 bits per heavy atom. The van der Waals surface area contributed by atoms with Gasteiger partial charge in [0.15, 0.2) is 0 Å². The normalized spacial score (nSPS) is 20.4.